The maximum Gasteiger partial charge on any atom is 0.261 e. The maximum atomic E-state index is 12.7. The first-order valence-electron chi connectivity index (χ1n) is 8.05. The molecule has 2 amide bonds. The molecule has 1 fully saturated rings. The van der Waals surface area contributed by atoms with Gasteiger partial charge in [-0.25, -0.2) is 4.90 Å². The van der Waals surface area contributed by atoms with E-state index in [4.69, 9.17) is 14.2 Å². The third-order valence-electron chi connectivity index (χ3n) is 4.32. The van der Waals surface area contributed by atoms with E-state index in [1.807, 2.05) is 0 Å². The third-order valence-corrected chi connectivity index (χ3v) is 4.32. The highest BCUT2D eigenvalue weighted by Gasteiger charge is 2.35. The number of nitrogens with zero attached hydrogens (tertiary/aromatic N) is 1. The van der Waals surface area contributed by atoms with Crippen LogP contribution in [0.25, 0.3) is 6.08 Å². The molecule has 0 spiro atoms. The minimum Gasteiger partial charge on any atom is -0.504 e. The molecule has 8 heteroatoms. The number of hydrogen-bond acceptors (Lipinski definition) is 7. The lowest BCUT2D eigenvalue weighted by Crippen LogP contribution is -2.28. The number of rotatable bonds is 3. The van der Waals surface area contributed by atoms with Gasteiger partial charge in [0.15, 0.2) is 23.0 Å². The van der Waals surface area contributed by atoms with E-state index in [-0.39, 0.29) is 36.2 Å². The van der Waals surface area contributed by atoms with Crippen LogP contribution in [0.15, 0.2) is 35.9 Å². The Bertz CT molecular complexity index is 996. The topological polar surface area (TPSA) is 106 Å². The summed E-state index contributed by atoms with van der Waals surface area (Å²) in [5.41, 5.74) is 1.07. The van der Waals surface area contributed by atoms with E-state index in [0.717, 1.165) is 4.90 Å². The zero-order valence-electron chi connectivity index (χ0n) is 14.3. The summed E-state index contributed by atoms with van der Waals surface area (Å²) in [6.45, 7) is 0.0952. The van der Waals surface area contributed by atoms with Crippen molar-refractivity contribution in [1.29, 1.82) is 0 Å². The fourth-order valence-corrected chi connectivity index (χ4v) is 3.03. The normalized spacial score (nSPS) is 17.1. The molecule has 4 rings (SSSR count). The zero-order chi connectivity index (χ0) is 19.1. The summed E-state index contributed by atoms with van der Waals surface area (Å²) in [6, 6.07) is 7.58. The summed E-state index contributed by atoms with van der Waals surface area (Å²) in [5, 5.41) is 19.5. The van der Waals surface area contributed by atoms with Crippen LogP contribution < -0.4 is 19.1 Å². The van der Waals surface area contributed by atoms with Crippen LogP contribution >= 0.6 is 0 Å². The molecule has 2 aliphatic heterocycles. The second-order valence-corrected chi connectivity index (χ2v) is 6.01. The highest BCUT2D eigenvalue weighted by Crippen LogP contribution is 2.39. The van der Waals surface area contributed by atoms with Gasteiger partial charge in [0, 0.05) is 11.6 Å². The van der Waals surface area contributed by atoms with Crippen LogP contribution in [0.2, 0.25) is 0 Å². The van der Waals surface area contributed by atoms with Crippen LogP contribution in [0.3, 0.4) is 0 Å². The summed E-state index contributed by atoms with van der Waals surface area (Å²) >= 11 is 0. The quantitative estimate of drug-likeness (QED) is 0.485. The molecule has 2 N–H and O–H groups in total. The Kier molecular flexibility index (Phi) is 3.88. The number of amides is 2. The van der Waals surface area contributed by atoms with Crippen molar-refractivity contribution in [2.24, 2.45) is 0 Å². The molecule has 0 unspecified atom stereocenters. The molecule has 0 radical (unpaired) electrons. The van der Waals surface area contributed by atoms with Crippen molar-refractivity contribution in [3.05, 3.63) is 41.5 Å². The Hall–Kier alpha value is -3.68. The molecule has 1 saturated heterocycles. The van der Waals surface area contributed by atoms with Crippen molar-refractivity contribution in [3.8, 4) is 28.7 Å². The van der Waals surface area contributed by atoms with Gasteiger partial charge in [0.05, 0.1) is 19.2 Å². The van der Waals surface area contributed by atoms with E-state index in [0.29, 0.717) is 22.7 Å². The molecule has 8 nitrogen and oxygen atoms in total. The van der Waals surface area contributed by atoms with Gasteiger partial charge in [-0.1, -0.05) is 0 Å². The maximum absolute atomic E-state index is 12.7. The predicted molar refractivity (Wildman–Crippen MR) is 94.0 cm³/mol. The molecule has 0 aromatic heterocycles. The molecule has 0 saturated carbocycles. The number of fused-ring (bicyclic) bond motifs is 1. The number of benzene rings is 2. The van der Waals surface area contributed by atoms with Crippen LogP contribution in [0.5, 0.6) is 28.7 Å². The highest BCUT2D eigenvalue weighted by molar-refractivity contribution is 6.29. The van der Waals surface area contributed by atoms with Crippen LogP contribution in [0.1, 0.15) is 12.0 Å². The predicted octanol–water partition coefficient (Wildman–Crippen LogP) is 2.18. The van der Waals surface area contributed by atoms with Crippen LogP contribution in [-0.2, 0) is 9.59 Å². The molecular weight excluding hydrogens is 354 g/mol. The first-order valence-corrected chi connectivity index (χ1v) is 8.05. The number of phenolic OH excluding ortho intramolecular Hbond substituents is 2. The number of carbonyl (C=O) groups is 2. The second kappa shape index (κ2) is 6.24. The van der Waals surface area contributed by atoms with Crippen LogP contribution in [0, 0.1) is 0 Å². The van der Waals surface area contributed by atoms with Gasteiger partial charge < -0.3 is 24.4 Å². The standard InChI is InChI=1S/C19H15NO7/c1-25-16-6-10(5-13(21)18(16)23)4-11-7-17(22)20(19(11)24)12-2-3-14-15(8-12)27-9-26-14/h2-6,8,21,23H,7,9H2,1H3. The summed E-state index contributed by atoms with van der Waals surface area (Å²) in [6.07, 6.45) is 1.39. The van der Waals surface area contributed by atoms with Crippen LogP contribution in [-0.4, -0.2) is 35.9 Å². The van der Waals surface area contributed by atoms with E-state index in [2.05, 4.69) is 0 Å². The van der Waals surface area contributed by atoms with Gasteiger partial charge >= 0.3 is 0 Å². The molecule has 0 bridgehead atoms. The van der Waals surface area contributed by atoms with Gasteiger partial charge in [-0.05, 0) is 35.9 Å². The Morgan fingerprint density at radius 2 is 1.89 bits per heavy atom. The minimum absolute atomic E-state index is 0.0613. The first kappa shape index (κ1) is 16.8. The zero-order valence-corrected chi connectivity index (χ0v) is 14.3. The minimum atomic E-state index is -0.467. The number of hydrogen-bond donors (Lipinski definition) is 2. The molecule has 0 atom stereocenters. The van der Waals surface area contributed by atoms with Crippen molar-refractivity contribution in [2.45, 2.75) is 6.42 Å². The van der Waals surface area contributed by atoms with Gasteiger partial charge in [0.25, 0.3) is 5.91 Å². The monoisotopic (exact) mass is 369 g/mol. The molecule has 2 aromatic carbocycles. The summed E-state index contributed by atoms with van der Waals surface area (Å²) in [7, 11) is 1.34. The van der Waals surface area contributed by atoms with Gasteiger partial charge in [0.1, 0.15) is 0 Å². The summed E-state index contributed by atoms with van der Waals surface area (Å²) in [5.74, 6) is -0.531. The first-order chi connectivity index (χ1) is 13.0. The average molecular weight is 369 g/mol. The number of carbonyl (C=O) groups excluding carboxylic acids is 2. The Morgan fingerprint density at radius 1 is 1.11 bits per heavy atom. The summed E-state index contributed by atoms with van der Waals surface area (Å²) in [4.78, 5) is 26.2. The third kappa shape index (κ3) is 2.80. The smallest absolute Gasteiger partial charge is 0.261 e. The number of aromatic hydroxyl groups is 2. The van der Waals surface area contributed by atoms with E-state index in [9.17, 15) is 19.8 Å². The van der Waals surface area contributed by atoms with Gasteiger partial charge in [-0.15, -0.1) is 0 Å². The Balaban J connectivity index is 1.67. The largest absolute Gasteiger partial charge is 0.504 e. The Morgan fingerprint density at radius 3 is 2.67 bits per heavy atom. The summed E-state index contributed by atoms with van der Waals surface area (Å²) < 4.78 is 15.5. The fourth-order valence-electron chi connectivity index (χ4n) is 3.03. The number of imide groups is 1. The molecule has 2 heterocycles. The highest BCUT2D eigenvalue weighted by atomic mass is 16.7. The van der Waals surface area contributed by atoms with Crippen LogP contribution in [0.4, 0.5) is 5.69 Å². The molecule has 2 aromatic rings. The second-order valence-electron chi connectivity index (χ2n) is 6.01. The van der Waals surface area contributed by atoms with Crippen molar-refractivity contribution >= 4 is 23.6 Å². The fraction of sp³-hybridized carbons (Fsp3) is 0.158. The SMILES string of the molecule is COc1cc(C=C2CC(=O)N(c3ccc4c(c3)OCO4)C2=O)cc(O)c1O. The van der Waals surface area contributed by atoms with E-state index in [1.165, 1.54) is 25.3 Å². The van der Waals surface area contributed by atoms with E-state index < -0.39 is 11.7 Å². The molecule has 0 aliphatic carbocycles. The van der Waals surface area contributed by atoms with Crippen molar-refractivity contribution < 1.29 is 34.0 Å². The van der Waals surface area contributed by atoms with Crippen molar-refractivity contribution in [2.75, 3.05) is 18.8 Å². The van der Waals surface area contributed by atoms with Gasteiger partial charge in [-0.3, -0.25) is 9.59 Å². The lowest BCUT2D eigenvalue weighted by molar-refractivity contribution is -0.120. The van der Waals surface area contributed by atoms with E-state index >= 15 is 0 Å². The number of methoxy groups -OCH3 is 1. The lowest BCUT2D eigenvalue weighted by atomic mass is 10.1. The number of anilines is 1. The molecule has 138 valence electrons. The van der Waals surface area contributed by atoms with Crippen molar-refractivity contribution in [1.82, 2.24) is 0 Å². The number of ether oxygens (including phenoxy) is 3. The van der Waals surface area contributed by atoms with Crippen molar-refractivity contribution in [3.63, 3.8) is 0 Å². The number of phenols is 2. The lowest BCUT2D eigenvalue weighted by Gasteiger charge is -2.14. The average Bonchev–Trinajstić information content (AvgIpc) is 3.21. The molecular formula is C19H15NO7. The molecule has 2 aliphatic rings. The Labute approximate surface area is 153 Å². The van der Waals surface area contributed by atoms with E-state index in [1.54, 1.807) is 18.2 Å². The van der Waals surface area contributed by atoms with Gasteiger partial charge in [-0.2, -0.15) is 0 Å². The van der Waals surface area contributed by atoms with Gasteiger partial charge in [0.2, 0.25) is 18.4 Å². The molecule has 27 heavy (non-hydrogen) atoms.